The Balaban J connectivity index is 1.92. The summed E-state index contributed by atoms with van der Waals surface area (Å²) < 4.78 is 0. The number of benzene rings is 1. The van der Waals surface area contributed by atoms with E-state index in [9.17, 15) is 4.79 Å². The number of hydrogen-bond donors (Lipinski definition) is 1. The van der Waals surface area contributed by atoms with Crippen LogP contribution >= 0.6 is 0 Å². The number of hydrogen-bond acceptors (Lipinski definition) is 2. The van der Waals surface area contributed by atoms with E-state index in [1.54, 1.807) is 0 Å². The summed E-state index contributed by atoms with van der Waals surface area (Å²) in [5, 5.41) is 2.94. The van der Waals surface area contributed by atoms with Crippen LogP contribution in [0.15, 0.2) is 35.3 Å². The third-order valence-corrected chi connectivity index (χ3v) is 3.65. The number of carbonyl (C=O) groups is 1. The first-order chi connectivity index (χ1) is 8.34. The molecular formula is C14H16N2O. The lowest BCUT2D eigenvalue weighted by Gasteiger charge is -2.32. The number of fused-ring (bicyclic) bond motifs is 1. The van der Waals surface area contributed by atoms with E-state index >= 15 is 0 Å². The van der Waals surface area contributed by atoms with Gasteiger partial charge in [0.25, 0.3) is 0 Å². The maximum atomic E-state index is 12.0. The zero-order valence-electron chi connectivity index (χ0n) is 9.73. The molecular weight excluding hydrogens is 212 g/mol. The molecule has 1 aliphatic carbocycles. The van der Waals surface area contributed by atoms with Gasteiger partial charge in [-0.2, -0.15) is 0 Å². The van der Waals surface area contributed by atoms with Gasteiger partial charge in [0.15, 0.2) is 0 Å². The van der Waals surface area contributed by atoms with E-state index in [0.29, 0.717) is 0 Å². The maximum absolute atomic E-state index is 12.0. The lowest BCUT2D eigenvalue weighted by atomic mass is 9.83. The van der Waals surface area contributed by atoms with E-state index in [4.69, 9.17) is 4.99 Å². The maximum Gasteiger partial charge on any atom is 0.230 e. The second kappa shape index (κ2) is 4.32. The van der Waals surface area contributed by atoms with Crippen molar-refractivity contribution in [1.82, 2.24) is 5.32 Å². The first-order valence-electron chi connectivity index (χ1n) is 6.29. The molecule has 1 heterocycles. The monoisotopic (exact) mass is 228 g/mol. The molecule has 3 heteroatoms. The number of amidine groups is 1. The highest BCUT2D eigenvalue weighted by molar-refractivity contribution is 6.10. The minimum atomic E-state index is 0.108. The van der Waals surface area contributed by atoms with Crippen LogP contribution in [0.3, 0.4) is 0 Å². The van der Waals surface area contributed by atoms with Crippen LogP contribution in [0.1, 0.15) is 31.2 Å². The fourth-order valence-electron chi connectivity index (χ4n) is 2.72. The largest absolute Gasteiger partial charge is 0.310 e. The summed E-state index contributed by atoms with van der Waals surface area (Å²) in [5.74, 6) is 1.01. The van der Waals surface area contributed by atoms with E-state index in [-0.39, 0.29) is 17.9 Å². The smallest absolute Gasteiger partial charge is 0.230 e. The van der Waals surface area contributed by atoms with Crippen LogP contribution in [0.5, 0.6) is 0 Å². The first kappa shape index (κ1) is 10.5. The summed E-state index contributed by atoms with van der Waals surface area (Å²) >= 11 is 0. The molecule has 1 saturated carbocycles. The quantitative estimate of drug-likeness (QED) is 0.786. The predicted molar refractivity (Wildman–Crippen MR) is 66.9 cm³/mol. The van der Waals surface area contributed by atoms with Gasteiger partial charge in [-0.1, -0.05) is 43.2 Å². The van der Waals surface area contributed by atoms with Crippen molar-refractivity contribution in [1.29, 1.82) is 0 Å². The van der Waals surface area contributed by atoms with Crippen LogP contribution in [-0.4, -0.2) is 17.8 Å². The molecule has 1 N–H and O–H groups in total. The third kappa shape index (κ3) is 1.97. The molecule has 1 aromatic rings. The molecule has 0 saturated heterocycles. The Bertz CT molecular complexity index is 453. The first-order valence-corrected chi connectivity index (χ1v) is 6.29. The Morgan fingerprint density at radius 3 is 2.71 bits per heavy atom. The molecule has 0 radical (unpaired) electrons. The van der Waals surface area contributed by atoms with Gasteiger partial charge in [0.2, 0.25) is 5.91 Å². The van der Waals surface area contributed by atoms with E-state index in [1.807, 2.05) is 30.3 Å². The third-order valence-electron chi connectivity index (χ3n) is 3.65. The van der Waals surface area contributed by atoms with Gasteiger partial charge in [-0.05, 0) is 12.8 Å². The Morgan fingerprint density at radius 1 is 1.12 bits per heavy atom. The highest BCUT2D eigenvalue weighted by atomic mass is 16.2. The fraction of sp³-hybridized carbons (Fsp3) is 0.429. The SMILES string of the molecule is O=C1NC(c2ccccc2)=N[C@H]2CCCC[C@@H]12. The predicted octanol–water partition coefficient (Wildman–Crippen LogP) is 2.12. The molecule has 1 aromatic carbocycles. The highest BCUT2D eigenvalue weighted by Gasteiger charge is 2.34. The van der Waals surface area contributed by atoms with Crippen molar-refractivity contribution in [3.05, 3.63) is 35.9 Å². The van der Waals surface area contributed by atoms with Crippen molar-refractivity contribution in [3.8, 4) is 0 Å². The van der Waals surface area contributed by atoms with Gasteiger partial charge >= 0.3 is 0 Å². The average Bonchev–Trinajstić information content (AvgIpc) is 2.40. The summed E-state index contributed by atoms with van der Waals surface area (Å²) in [6.07, 6.45) is 4.39. The molecule has 1 fully saturated rings. The normalized spacial score (nSPS) is 28.0. The highest BCUT2D eigenvalue weighted by Crippen LogP contribution is 2.29. The topological polar surface area (TPSA) is 41.5 Å². The van der Waals surface area contributed by atoms with Crippen molar-refractivity contribution in [2.75, 3.05) is 0 Å². The number of carbonyl (C=O) groups excluding carboxylic acids is 1. The van der Waals surface area contributed by atoms with Crippen LogP contribution in [-0.2, 0) is 4.79 Å². The van der Waals surface area contributed by atoms with Crippen LogP contribution in [0, 0.1) is 5.92 Å². The number of nitrogens with one attached hydrogen (secondary N) is 1. The van der Waals surface area contributed by atoms with Crippen molar-refractivity contribution >= 4 is 11.7 Å². The molecule has 0 unspecified atom stereocenters. The summed E-state index contributed by atoms with van der Waals surface area (Å²) in [5.41, 5.74) is 1.00. The van der Waals surface area contributed by atoms with E-state index in [1.165, 1.54) is 6.42 Å². The molecule has 0 aromatic heterocycles. The average molecular weight is 228 g/mol. The Hall–Kier alpha value is -1.64. The summed E-state index contributed by atoms with van der Waals surface area (Å²) in [6.45, 7) is 0. The van der Waals surface area contributed by atoms with Crippen LogP contribution < -0.4 is 5.32 Å². The van der Waals surface area contributed by atoms with Crippen molar-refractivity contribution < 1.29 is 4.79 Å². The second-order valence-electron chi connectivity index (χ2n) is 4.79. The lowest BCUT2D eigenvalue weighted by Crippen LogP contribution is -2.47. The number of rotatable bonds is 1. The van der Waals surface area contributed by atoms with E-state index in [0.717, 1.165) is 30.7 Å². The van der Waals surface area contributed by atoms with Crippen molar-refractivity contribution in [2.24, 2.45) is 10.9 Å². The van der Waals surface area contributed by atoms with Gasteiger partial charge in [0, 0.05) is 5.56 Å². The van der Waals surface area contributed by atoms with E-state index < -0.39 is 0 Å². The minimum Gasteiger partial charge on any atom is -0.310 e. The fourth-order valence-corrected chi connectivity index (χ4v) is 2.72. The molecule has 1 aliphatic heterocycles. The van der Waals surface area contributed by atoms with Gasteiger partial charge in [-0.15, -0.1) is 0 Å². The standard InChI is InChI=1S/C14H16N2O/c17-14-11-8-4-5-9-12(11)15-13(16-14)10-6-2-1-3-7-10/h1-3,6-7,11-12H,4-5,8-9H2,(H,15,16,17)/t11-,12+/m1/s1. The number of aliphatic imine (C=N–C) groups is 1. The van der Waals surface area contributed by atoms with Gasteiger partial charge in [-0.3, -0.25) is 9.79 Å². The molecule has 17 heavy (non-hydrogen) atoms. The molecule has 3 nitrogen and oxygen atoms in total. The Labute approximate surface area is 101 Å². The molecule has 0 spiro atoms. The number of amides is 1. The van der Waals surface area contributed by atoms with Crippen molar-refractivity contribution in [2.45, 2.75) is 31.7 Å². The van der Waals surface area contributed by atoms with Crippen LogP contribution in [0.25, 0.3) is 0 Å². The van der Waals surface area contributed by atoms with Gasteiger partial charge in [0.1, 0.15) is 5.84 Å². The zero-order chi connectivity index (χ0) is 11.7. The summed E-state index contributed by atoms with van der Waals surface area (Å²) in [4.78, 5) is 16.7. The van der Waals surface area contributed by atoms with Gasteiger partial charge in [-0.25, -0.2) is 0 Å². The van der Waals surface area contributed by atoms with E-state index in [2.05, 4.69) is 5.32 Å². The molecule has 0 bridgehead atoms. The molecule has 88 valence electrons. The van der Waals surface area contributed by atoms with Gasteiger partial charge < -0.3 is 5.32 Å². The summed E-state index contributed by atoms with van der Waals surface area (Å²) in [6, 6.07) is 10.1. The Kier molecular flexibility index (Phi) is 2.67. The summed E-state index contributed by atoms with van der Waals surface area (Å²) in [7, 11) is 0. The van der Waals surface area contributed by atoms with Crippen molar-refractivity contribution in [3.63, 3.8) is 0 Å². The molecule has 2 atom stereocenters. The molecule has 3 rings (SSSR count). The van der Waals surface area contributed by atoms with Gasteiger partial charge in [0.05, 0.1) is 12.0 Å². The Morgan fingerprint density at radius 2 is 1.88 bits per heavy atom. The van der Waals surface area contributed by atoms with Crippen LogP contribution in [0.4, 0.5) is 0 Å². The minimum absolute atomic E-state index is 0.108. The molecule has 1 amide bonds. The second-order valence-corrected chi connectivity index (χ2v) is 4.79. The van der Waals surface area contributed by atoms with Crippen LogP contribution in [0.2, 0.25) is 0 Å². The number of nitrogens with zero attached hydrogens (tertiary/aromatic N) is 1. The molecule has 2 aliphatic rings. The lowest BCUT2D eigenvalue weighted by molar-refractivity contribution is -0.125. The zero-order valence-corrected chi connectivity index (χ0v) is 9.73.